The zero-order valence-corrected chi connectivity index (χ0v) is 30.3. The third-order valence-corrected chi connectivity index (χ3v) is 7.85. The fourth-order valence-corrected chi connectivity index (χ4v) is 5.64. The lowest BCUT2D eigenvalue weighted by atomic mass is 9.97. The van der Waals surface area contributed by atoms with E-state index < -0.39 is 35.1 Å². The molecule has 1 aliphatic rings. The van der Waals surface area contributed by atoms with Crippen LogP contribution in [0.15, 0.2) is 54.6 Å². The van der Waals surface area contributed by atoms with E-state index in [1.54, 1.807) is 14.7 Å². The Balaban J connectivity index is 1.68. The molecule has 0 N–H and O–H groups in total. The highest BCUT2D eigenvalue weighted by Gasteiger charge is 2.29. The van der Waals surface area contributed by atoms with Crippen LogP contribution in [0.4, 0.5) is 14.4 Å². The Bertz CT molecular complexity index is 1540. The standard InChI is InChI=1S/C38H54N4O6/c1-36(2,3)46-33(43)40-20-18-39(27-29-26-28-14-10-11-15-30(28)32-17-13-12-16-31(29)32)19-21-41(34(44)47-37(4,5)6)23-25-42(24-22-40)35(45)48-38(7,8)9/h10-17,26H,18-25,27H2,1-9H3. The second-order valence-corrected chi connectivity index (χ2v) is 15.5. The number of hydrogen-bond donors (Lipinski definition) is 0. The molecule has 0 radical (unpaired) electrons. The molecule has 0 aromatic heterocycles. The van der Waals surface area contributed by atoms with E-state index >= 15 is 0 Å². The Morgan fingerprint density at radius 1 is 0.521 bits per heavy atom. The van der Waals surface area contributed by atoms with E-state index in [1.165, 1.54) is 21.7 Å². The maximum atomic E-state index is 13.5. The van der Waals surface area contributed by atoms with Crippen LogP contribution < -0.4 is 0 Å². The molecule has 262 valence electrons. The number of amides is 3. The summed E-state index contributed by atoms with van der Waals surface area (Å²) in [6, 6.07) is 19.1. The van der Waals surface area contributed by atoms with E-state index in [9.17, 15) is 14.4 Å². The SMILES string of the molecule is CC(C)(C)OC(=O)N1CCN(Cc2cc3ccccc3c3ccccc23)CCN(C(=O)OC(C)(C)C)CCN(C(=O)OC(C)(C)C)CC1. The van der Waals surface area contributed by atoms with Gasteiger partial charge in [-0.3, -0.25) is 4.90 Å². The van der Waals surface area contributed by atoms with Gasteiger partial charge in [0, 0.05) is 58.9 Å². The number of nitrogens with zero attached hydrogens (tertiary/aromatic N) is 4. The van der Waals surface area contributed by atoms with Gasteiger partial charge in [0.1, 0.15) is 16.8 Å². The summed E-state index contributed by atoms with van der Waals surface area (Å²) in [6.07, 6.45) is -1.37. The van der Waals surface area contributed by atoms with Gasteiger partial charge in [-0.2, -0.15) is 0 Å². The monoisotopic (exact) mass is 662 g/mol. The van der Waals surface area contributed by atoms with E-state index in [4.69, 9.17) is 14.2 Å². The van der Waals surface area contributed by atoms with E-state index in [0.29, 0.717) is 32.7 Å². The van der Waals surface area contributed by atoms with Gasteiger partial charge in [0.15, 0.2) is 0 Å². The van der Waals surface area contributed by atoms with Gasteiger partial charge in [0.05, 0.1) is 0 Å². The molecule has 0 bridgehead atoms. The fraction of sp³-hybridized carbons (Fsp3) is 0.553. The average Bonchev–Trinajstić information content (AvgIpc) is 2.96. The lowest BCUT2D eigenvalue weighted by Gasteiger charge is -2.36. The smallest absolute Gasteiger partial charge is 0.410 e. The molecule has 3 amide bonds. The average molecular weight is 663 g/mol. The fourth-order valence-electron chi connectivity index (χ4n) is 5.64. The van der Waals surface area contributed by atoms with Crippen LogP contribution in [0.2, 0.25) is 0 Å². The molecule has 1 heterocycles. The van der Waals surface area contributed by atoms with Gasteiger partial charge in [0.25, 0.3) is 0 Å². The summed E-state index contributed by atoms with van der Waals surface area (Å²) in [5, 5.41) is 4.72. The van der Waals surface area contributed by atoms with Gasteiger partial charge in [-0.1, -0.05) is 48.5 Å². The second kappa shape index (κ2) is 15.0. The zero-order valence-electron chi connectivity index (χ0n) is 30.3. The van der Waals surface area contributed by atoms with E-state index in [2.05, 4.69) is 59.5 Å². The molecule has 0 atom stereocenters. The number of ether oxygens (including phenoxy) is 3. The first-order valence-electron chi connectivity index (χ1n) is 16.9. The summed E-state index contributed by atoms with van der Waals surface area (Å²) in [6.45, 7) is 19.8. The van der Waals surface area contributed by atoms with E-state index in [0.717, 1.165) is 5.39 Å². The number of carbonyl (C=O) groups is 3. The van der Waals surface area contributed by atoms with Crippen molar-refractivity contribution in [2.75, 3.05) is 52.4 Å². The van der Waals surface area contributed by atoms with Crippen molar-refractivity contribution in [3.05, 3.63) is 60.2 Å². The molecular weight excluding hydrogens is 608 g/mol. The van der Waals surface area contributed by atoms with Crippen LogP contribution in [0.5, 0.6) is 0 Å². The highest BCUT2D eigenvalue weighted by molar-refractivity contribution is 6.08. The summed E-state index contributed by atoms with van der Waals surface area (Å²) in [5.74, 6) is 0. The Hall–Kier alpha value is -4.05. The molecule has 1 fully saturated rings. The predicted octanol–water partition coefficient (Wildman–Crippen LogP) is 7.52. The molecule has 0 unspecified atom stereocenters. The van der Waals surface area contributed by atoms with Crippen molar-refractivity contribution in [3.8, 4) is 0 Å². The summed E-state index contributed by atoms with van der Waals surface area (Å²) >= 11 is 0. The van der Waals surface area contributed by atoms with Crippen molar-refractivity contribution in [1.29, 1.82) is 0 Å². The van der Waals surface area contributed by atoms with Gasteiger partial charge in [-0.05, 0) is 95.5 Å². The number of fused-ring (bicyclic) bond motifs is 3. The Morgan fingerprint density at radius 2 is 0.875 bits per heavy atom. The minimum Gasteiger partial charge on any atom is -0.444 e. The third-order valence-electron chi connectivity index (χ3n) is 7.85. The summed E-state index contributed by atoms with van der Waals surface area (Å²) in [4.78, 5) is 47.4. The van der Waals surface area contributed by atoms with Crippen LogP contribution >= 0.6 is 0 Å². The second-order valence-electron chi connectivity index (χ2n) is 15.5. The summed E-state index contributed by atoms with van der Waals surface area (Å²) in [5.41, 5.74) is -0.892. The maximum Gasteiger partial charge on any atom is 0.410 e. The van der Waals surface area contributed by atoms with Crippen LogP contribution in [-0.2, 0) is 20.8 Å². The van der Waals surface area contributed by atoms with Crippen LogP contribution in [0.1, 0.15) is 67.9 Å². The summed E-state index contributed by atoms with van der Waals surface area (Å²) < 4.78 is 17.3. The molecule has 10 heteroatoms. The van der Waals surface area contributed by atoms with Crippen molar-refractivity contribution in [3.63, 3.8) is 0 Å². The van der Waals surface area contributed by atoms with Crippen LogP contribution in [0, 0.1) is 0 Å². The minimum atomic E-state index is -0.704. The first-order chi connectivity index (χ1) is 22.4. The molecule has 0 aliphatic carbocycles. The highest BCUT2D eigenvalue weighted by Crippen LogP contribution is 2.29. The number of hydrogen-bond acceptors (Lipinski definition) is 7. The zero-order chi connectivity index (χ0) is 35.3. The first-order valence-corrected chi connectivity index (χ1v) is 16.9. The lowest BCUT2D eigenvalue weighted by Crippen LogP contribution is -2.51. The summed E-state index contributed by atoms with van der Waals surface area (Å²) in [7, 11) is 0. The number of benzene rings is 3. The van der Waals surface area contributed by atoms with Crippen molar-refractivity contribution in [2.24, 2.45) is 0 Å². The minimum absolute atomic E-state index is 0.214. The third kappa shape index (κ3) is 10.7. The molecule has 4 rings (SSSR count). The van der Waals surface area contributed by atoms with Crippen molar-refractivity contribution in [2.45, 2.75) is 85.7 Å². The molecule has 1 aliphatic heterocycles. The van der Waals surface area contributed by atoms with Crippen molar-refractivity contribution >= 4 is 39.8 Å². The van der Waals surface area contributed by atoms with Crippen LogP contribution in [-0.4, -0.2) is 107 Å². The van der Waals surface area contributed by atoms with E-state index in [-0.39, 0.29) is 26.2 Å². The lowest BCUT2D eigenvalue weighted by molar-refractivity contribution is 0.00451. The maximum absolute atomic E-state index is 13.5. The predicted molar refractivity (Wildman–Crippen MR) is 190 cm³/mol. The molecule has 3 aromatic carbocycles. The highest BCUT2D eigenvalue weighted by atomic mass is 16.6. The Morgan fingerprint density at radius 3 is 1.29 bits per heavy atom. The molecule has 0 saturated carbocycles. The Kier molecular flexibility index (Phi) is 11.5. The normalized spacial score (nSPS) is 16.3. The number of rotatable bonds is 2. The van der Waals surface area contributed by atoms with Gasteiger partial charge < -0.3 is 28.9 Å². The van der Waals surface area contributed by atoms with Gasteiger partial charge in [0.2, 0.25) is 0 Å². The molecule has 3 aromatic rings. The molecule has 1 saturated heterocycles. The van der Waals surface area contributed by atoms with Gasteiger partial charge in [-0.15, -0.1) is 0 Å². The van der Waals surface area contributed by atoms with Crippen molar-refractivity contribution in [1.82, 2.24) is 19.6 Å². The van der Waals surface area contributed by atoms with Gasteiger partial charge in [-0.25, -0.2) is 14.4 Å². The van der Waals surface area contributed by atoms with Crippen LogP contribution in [0.3, 0.4) is 0 Å². The largest absolute Gasteiger partial charge is 0.444 e. The van der Waals surface area contributed by atoms with Crippen LogP contribution in [0.25, 0.3) is 21.5 Å². The Labute approximate surface area is 285 Å². The number of carbonyl (C=O) groups excluding carboxylic acids is 3. The first kappa shape index (κ1) is 36.8. The quantitative estimate of drug-likeness (QED) is 0.207. The molecule has 10 nitrogen and oxygen atoms in total. The molecule has 0 spiro atoms. The van der Waals surface area contributed by atoms with E-state index in [1.807, 2.05) is 62.3 Å². The van der Waals surface area contributed by atoms with Crippen molar-refractivity contribution < 1.29 is 28.6 Å². The molecule has 48 heavy (non-hydrogen) atoms. The molecular formula is C38H54N4O6. The topological polar surface area (TPSA) is 91.9 Å². The van der Waals surface area contributed by atoms with Gasteiger partial charge >= 0.3 is 18.3 Å².